The molecule has 4 rings (SSSR count). The van der Waals surface area contributed by atoms with Gasteiger partial charge in [0.2, 0.25) is 0 Å². The molecule has 0 aromatic rings. The van der Waals surface area contributed by atoms with E-state index in [1.54, 1.807) is 7.11 Å². The van der Waals surface area contributed by atoms with Gasteiger partial charge in [-0.2, -0.15) is 5.06 Å². The highest BCUT2D eigenvalue weighted by molar-refractivity contribution is 5.77. The molecule has 0 aromatic heterocycles. The Hall–Kier alpha value is -2.32. The van der Waals surface area contributed by atoms with Crippen molar-refractivity contribution < 1.29 is 43.0 Å². The second kappa shape index (κ2) is 15.9. The van der Waals surface area contributed by atoms with Crippen molar-refractivity contribution in [3.8, 4) is 0 Å². The smallest absolute Gasteiger partial charge is 0.311 e. The quantitative estimate of drug-likeness (QED) is 0.158. The molecule has 4 aliphatic heterocycles. The number of carbonyl (C=O) groups excluding carboxylic acids is 4. The van der Waals surface area contributed by atoms with E-state index in [2.05, 4.69) is 57.1 Å². The van der Waals surface area contributed by atoms with Gasteiger partial charge in [-0.15, -0.1) is 0 Å². The summed E-state index contributed by atoms with van der Waals surface area (Å²) in [6.07, 6.45) is 1.02. The summed E-state index contributed by atoms with van der Waals surface area (Å²) in [5, 5.41) is 8.93. The molecule has 0 aliphatic carbocycles. The van der Waals surface area contributed by atoms with Crippen molar-refractivity contribution in [1.82, 2.24) is 20.6 Å². The van der Waals surface area contributed by atoms with Crippen LogP contribution in [0.4, 0.5) is 0 Å². The third-order valence-corrected chi connectivity index (χ3v) is 14.0. The Balaban J connectivity index is 1.57. The standard InChI is InChI=1S/C44H78N4O9/c1-37(2)21-29(41(9,10)45-37)35(51)56-27(25-54-33(49)31-23-39(5,6)47(17)43(31,13)14)19-20-28(57-36(52)30-22-38(3,4)46-42(30,11)12)26-55-34(50)32-24-40(7,8)48(53-18)44(32,15)16/h27-32,45-46H,19-26H2,1-18H3. The molecule has 328 valence electrons. The molecule has 2 N–H and O–H groups in total. The van der Waals surface area contributed by atoms with E-state index in [1.165, 1.54) is 0 Å². The van der Waals surface area contributed by atoms with Gasteiger partial charge in [-0.25, -0.2) is 0 Å². The van der Waals surface area contributed by atoms with E-state index in [9.17, 15) is 19.2 Å². The molecule has 4 saturated heterocycles. The minimum absolute atomic E-state index is 0.155. The van der Waals surface area contributed by atoms with Gasteiger partial charge < -0.3 is 34.4 Å². The van der Waals surface area contributed by atoms with Crippen LogP contribution in [0.2, 0.25) is 0 Å². The molecule has 0 saturated carbocycles. The molecule has 4 heterocycles. The third-order valence-electron chi connectivity index (χ3n) is 14.0. The Labute approximate surface area is 343 Å². The topological polar surface area (TPSA) is 145 Å². The normalized spacial score (nSPS) is 31.3. The summed E-state index contributed by atoms with van der Waals surface area (Å²) < 4.78 is 24.5. The third kappa shape index (κ3) is 10.2. The minimum atomic E-state index is -0.847. The van der Waals surface area contributed by atoms with E-state index in [0.717, 1.165) is 0 Å². The summed E-state index contributed by atoms with van der Waals surface area (Å²) in [4.78, 5) is 63.5. The maximum Gasteiger partial charge on any atom is 0.311 e. The fourth-order valence-electron chi connectivity index (χ4n) is 11.0. The van der Waals surface area contributed by atoms with Crippen LogP contribution in [0.25, 0.3) is 0 Å². The van der Waals surface area contributed by atoms with E-state index < -0.39 is 63.6 Å². The Morgan fingerprint density at radius 3 is 1.21 bits per heavy atom. The summed E-state index contributed by atoms with van der Waals surface area (Å²) in [5.74, 6) is -3.26. The van der Waals surface area contributed by atoms with Crippen LogP contribution < -0.4 is 10.6 Å². The van der Waals surface area contributed by atoms with Crippen molar-refractivity contribution in [1.29, 1.82) is 0 Å². The first-order valence-electron chi connectivity index (χ1n) is 21.1. The lowest BCUT2D eigenvalue weighted by Crippen LogP contribution is -2.50. The lowest BCUT2D eigenvalue weighted by atomic mass is 9.87. The van der Waals surface area contributed by atoms with Gasteiger partial charge in [0, 0.05) is 38.8 Å². The molecular weight excluding hydrogens is 729 g/mol. The molecule has 6 unspecified atom stereocenters. The van der Waals surface area contributed by atoms with E-state index >= 15 is 0 Å². The Kier molecular flexibility index (Phi) is 13.2. The van der Waals surface area contributed by atoms with Crippen molar-refractivity contribution >= 4 is 23.9 Å². The lowest BCUT2D eigenvalue weighted by molar-refractivity contribution is -0.225. The van der Waals surface area contributed by atoms with Crippen LogP contribution in [0, 0.1) is 23.7 Å². The van der Waals surface area contributed by atoms with Crippen LogP contribution in [0.5, 0.6) is 0 Å². The van der Waals surface area contributed by atoms with Gasteiger partial charge in [-0.05, 0) is 156 Å². The zero-order chi connectivity index (χ0) is 43.5. The number of esters is 4. The summed E-state index contributed by atoms with van der Waals surface area (Å²) in [6, 6.07) is 0. The molecule has 0 bridgehead atoms. The van der Waals surface area contributed by atoms with Crippen LogP contribution in [0.15, 0.2) is 0 Å². The van der Waals surface area contributed by atoms with Crippen LogP contribution in [0.1, 0.15) is 149 Å². The Morgan fingerprint density at radius 2 is 0.912 bits per heavy atom. The number of hydrogen-bond donors (Lipinski definition) is 2. The Morgan fingerprint density at radius 1 is 0.544 bits per heavy atom. The molecule has 13 heteroatoms. The number of nitrogens with one attached hydrogen (secondary N) is 2. The van der Waals surface area contributed by atoms with Gasteiger partial charge in [-0.3, -0.25) is 24.1 Å². The molecular formula is C44H78N4O9. The number of ether oxygens (including phenoxy) is 4. The number of likely N-dealkylation sites (tertiary alicyclic amines) is 1. The summed E-state index contributed by atoms with van der Waals surface area (Å²) in [5.41, 5.74) is -3.29. The maximum absolute atomic E-state index is 14.0. The highest BCUT2D eigenvalue weighted by atomic mass is 16.7. The molecule has 57 heavy (non-hydrogen) atoms. The fraction of sp³-hybridized carbons (Fsp3) is 0.909. The zero-order valence-electron chi connectivity index (χ0n) is 38.7. The van der Waals surface area contributed by atoms with Crippen molar-refractivity contribution in [2.24, 2.45) is 23.7 Å². The molecule has 4 fully saturated rings. The largest absolute Gasteiger partial charge is 0.461 e. The second-order valence-electron chi connectivity index (χ2n) is 22.4. The van der Waals surface area contributed by atoms with E-state index in [1.807, 2.05) is 81.3 Å². The van der Waals surface area contributed by atoms with E-state index in [0.29, 0.717) is 25.7 Å². The summed E-state index contributed by atoms with van der Waals surface area (Å²) >= 11 is 0. The summed E-state index contributed by atoms with van der Waals surface area (Å²) in [6.45, 7) is 32.2. The number of carbonyl (C=O) groups is 4. The molecule has 0 amide bonds. The average molecular weight is 807 g/mol. The monoisotopic (exact) mass is 807 g/mol. The average Bonchev–Trinajstić information content (AvgIpc) is 3.57. The predicted octanol–water partition coefficient (Wildman–Crippen LogP) is 5.96. The van der Waals surface area contributed by atoms with Crippen molar-refractivity contribution in [3.63, 3.8) is 0 Å². The fourth-order valence-corrected chi connectivity index (χ4v) is 11.0. The van der Waals surface area contributed by atoms with Gasteiger partial charge in [0.15, 0.2) is 0 Å². The Bertz CT molecular complexity index is 1520. The molecule has 0 aromatic carbocycles. The number of nitrogens with zero attached hydrogens (tertiary/aromatic N) is 2. The first kappa shape index (κ1) is 47.4. The molecule has 6 atom stereocenters. The zero-order valence-corrected chi connectivity index (χ0v) is 38.7. The first-order valence-corrected chi connectivity index (χ1v) is 21.1. The predicted molar refractivity (Wildman–Crippen MR) is 219 cm³/mol. The van der Waals surface area contributed by atoms with E-state index in [4.69, 9.17) is 23.8 Å². The molecule has 0 spiro atoms. The maximum atomic E-state index is 14.0. The highest BCUT2D eigenvalue weighted by Crippen LogP contribution is 2.46. The van der Waals surface area contributed by atoms with Crippen molar-refractivity contribution in [3.05, 3.63) is 0 Å². The highest BCUT2D eigenvalue weighted by Gasteiger charge is 2.57. The van der Waals surface area contributed by atoms with Crippen molar-refractivity contribution in [2.75, 3.05) is 27.4 Å². The number of hydroxylamine groups is 2. The van der Waals surface area contributed by atoms with Crippen LogP contribution >= 0.6 is 0 Å². The van der Waals surface area contributed by atoms with Gasteiger partial charge in [0.05, 0.1) is 36.3 Å². The summed E-state index contributed by atoms with van der Waals surface area (Å²) in [7, 11) is 3.63. The molecule has 4 aliphatic rings. The van der Waals surface area contributed by atoms with Gasteiger partial charge >= 0.3 is 23.9 Å². The van der Waals surface area contributed by atoms with Gasteiger partial charge in [-0.1, -0.05) is 0 Å². The molecule has 13 nitrogen and oxygen atoms in total. The van der Waals surface area contributed by atoms with Crippen LogP contribution in [-0.4, -0.2) is 118 Å². The second-order valence-corrected chi connectivity index (χ2v) is 22.4. The number of rotatable bonds is 14. The van der Waals surface area contributed by atoms with Crippen molar-refractivity contribution in [2.45, 2.75) is 206 Å². The minimum Gasteiger partial charge on any atom is -0.461 e. The SMILES string of the molecule is CON1C(C)(C)CC(C(=O)OCC(CCC(COC(=O)C2CC(C)(C)N(C)C2(C)C)OC(=O)C2CC(C)(C)NC2(C)C)OC(=O)C2CC(C)(C)NC2(C)C)C1(C)C. The lowest BCUT2D eigenvalue weighted by Gasteiger charge is -2.38. The number of hydrogen-bond acceptors (Lipinski definition) is 13. The first-order chi connectivity index (χ1) is 25.7. The van der Waals surface area contributed by atoms with Gasteiger partial charge in [0.25, 0.3) is 0 Å². The van der Waals surface area contributed by atoms with E-state index in [-0.39, 0.29) is 66.5 Å². The molecule has 0 radical (unpaired) electrons. The van der Waals surface area contributed by atoms with Crippen LogP contribution in [-0.2, 0) is 43.0 Å². The van der Waals surface area contributed by atoms with Crippen LogP contribution in [0.3, 0.4) is 0 Å². The van der Waals surface area contributed by atoms with Gasteiger partial charge in [0.1, 0.15) is 25.4 Å².